The molecule has 0 saturated heterocycles. The van der Waals surface area contributed by atoms with Gasteiger partial charge in [-0.3, -0.25) is 13.9 Å². The van der Waals surface area contributed by atoms with Gasteiger partial charge in [0, 0.05) is 20.0 Å². The van der Waals surface area contributed by atoms with Crippen LogP contribution >= 0.6 is 23.2 Å². The van der Waals surface area contributed by atoms with Gasteiger partial charge in [-0.15, -0.1) is 0 Å². The smallest absolute Gasteiger partial charge is 0.244 e. The molecule has 0 bridgehead atoms. The molecular weight excluding hydrogens is 533 g/mol. The lowest BCUT2D eigenvalue weighted by atomic mass is 10.0. The molecule has 2 amide bonds. The van der Waals surface area contributed by atoms with Crippen molar-refractivity contribution in [2.24, 2.45) is 0 Å². The standard InChI is InChI=1S/C27H29Cl2N3O4S/c1-19-12-14-21(15-13-19)17-31(24(27(34)30-2)16-20-8-5-4-6-9-20)25(33)18-32(37(3,35)36)23-11-7-10-22(28)26(23)29/h4-15,24H,16-18H2,1-3H3,(H,30,34)/t24-/m1/s1. The number of anilines is 1. The van der Waals surface area contributed by atoms with Crippen molar-refractivity contribution in [1.82, 2.24) is 10.2 Å². The van der Waals surface area contributed by atoms with E-state index in [9.17, 15) is 18.0 Å². The molecule has 0 spiro atoms. The van der Waals surface area contributed by atoms with Gasteiger partial charge < -0.3 is 10.2 Å². The topological polar surface area (TPSA) is 86.8 Å². The van der Waals surface area contributed by atoms with Crippen LogP contribution in [0.25, 0.3) is 0 Å². The monoisotopic (exact) mass is 561 g/mol. The van der Waals surface area contributed by atoms with E-state index in [1.54, 1.807) is 6.07 Å². The minimum atomic E-state index is -3.93. The first kappa shape index (κ1) is 28.5. The molecule has 0 radical (unpaired) electrons. The Morgan fingerprint density at radius 2 is 1.57 bits per heavy atom. The number of rotatable bonds is 10. The van der Waals surface area contributed by atoms with Crippen molar-refractivity contribution in [1.29, 1.82) is 0 Å². The van der Waals surface area contributed by atoms with Gasteiger partial charge in [0.05, 0.1) is 22.0 Å². The van der Waals surface area contributed by atoms with E-state index in [0.717, 1.165) is 27.3 Å². The number of likely N-dealkylation sites (N-methyl/N-ethyl adjacent to an activating group) is 1. The van der Waals surface area contributed by atoms with Crippen molar-refractivity contribution >= 4 is 50.7 Å². The lowest BCUT2D eigenvalue weighted by molar-refractivity contribution is -0.139. The Labute approximate surface area is 228 Å². The van der Waals surface area contributed by atoms with Crippen LogP contribution in [-0.2, 0) is 32.6 Å². The maximum atomic E-state index is 13.9. The zero-order valence-electron chi connectivity index (χ0n) is 20.8. The van der Waals surface area contributed by atoms with Crippen LogP contribution in [0.2, 0.25) is 10.0 Å². The van der Waals surface area contributed by atoms with Crippen molar-refractivity contribution in [3.05, 3.63) is 99.5 Å². The summed E-state index contributed by atoms with van der Waals surface area (Å²) in [5, 5.41) is 2.81. The van der Waals surface area contributed by atoms with Crippen LogP contribution in [0, 0.1) is 6.92 Å². The molecule has 0 aromatic heterocycles. The third kappa shape index (κ3) is 7.47. The molecule has 3 aromatic carbocycles. The molecule has 0 aliphatic rings. The molecule has 10 heteroatoms. The normalized spacial score (nSPS) is 12.0. The summed E-state index contributed by atoms with van der Waals surface area (Å²) in [6, 6.07) is 20.6. The molecule has 3 aromatic rings. The number of aryl methyl sites for hydroxylation is 1. The van der Waals surface area contributed by atoms with Crippen molar-refractivity contribution in [3.63, 3.8) is 0 Å². The highest BCUT2D eigenvalue weighted by Gasteiger charge is 2.33. The van der Waals surface area contributed by atoms with Crippen LogP contribution in [0.15, 0.2) is 72.8 Å². The first-order chi connectivity index (χ1) is 17.5. The minimum absolute atomic E-state index is 0.0135. The number of nitrogens with one attached hydrogen (secondary N) is 1. The number of nitrogens with zero attached hydrogens (tertiary/aromatic N) is 2. The minimum Gasteiger partial charge on any atom is -0.357 e. The Kier molecular flexibility index (Phi) is 9.59. The van der Waals surface area contributed by atoms with Crippen LogP contribution in [0.3, 0.4) is 0 Å². The van der Waals surface area contributed by atoms with E-state index in [-0.39, 0.29) is 34.6 Å². The Hall–Kier alpha value is -3.07. The summed E-state index contributed by atoms with van der Waals surface area (Å²) in [6.07, 6.45) is 1.23. The van der Waals surface area contributed by atoms with E-state index in [0.29, 0.717) is 0 Å². The molecule has 0 heterocycles. The number of amides is 2. The predicted molar refractivity (Wildman–Crippen MR) is 148 cm³/mol. The predicted octanol–water partition coefficient (Wildman–Crippen LogP) is 4.45. The van der Waals surface area contributed by atoms with Gasteiger partial charge >= 0.3 is 0 Å². The van der Waals surface area contributed by atoms with Crippen molar-refractivity contribution in [2.45, 2.75) is 25.9 Å². The number of hydrogen-bond acceptors (Lipinski definition) is 4. The third-order valence-corrected chi connectivity index (χ3v) is 7.81. The lowest BCUT2D eigenvalue weighted by Crippen LogP contribution is -2.52. The molecule has 0 aliphatic heterocycles. The van der Waals surface area contributed by atoms with Crippen molar-refractivity contribution in [2.75, 3.05) is 24.2 Å². The second-order valence-electron chi connectivity index (χ2n) is 8.67. The average Bonchev–Trinajstić information content (AvgIpc) is 2.87. The van der Waals surface area contributed by atoms with Gasteiger partial charge in [-0.25, -0.2) is 8.42 Å². The third-order valence-electron chi connectivity index (χ3n) is 5.87. The Morgan fingerprint density at radius 3 is 2.16 bits per heavy atom. The second kappa shape index (κ2) is 12.4. The van der Waals surface area contributed by atoms with Gasteiger partial charge in [0.2, 0.25) is 21.8 Å². The number of benzene rings is 3. The zero-order valence-corrected chi connectivity index (χ0v) is 23.1. The average molecular weight is 563 g/mol. The molecule has 3 rings (SSSR count). The van der Waals surface area contributed by atoms with E-state index in [1.165, 1.54) is 24.1 Å². The first-order valence-corrected chi connectivity index (χ1v) is 14.1. The van der Waals surface area contributed by atoms with Crippen LogP contribution in [-0.4, -0.2) is 51.0 Å². The number of carbonyl (C=O) groups is 2. The molecule has 0 aliphatic carbocycles. The lowest BCUT2D eigenvalue weighted by Gasteiger charge is -2.33. The van der Waals surface area contributed by atoms with Crippen LogP contribution in [0.4, 0.5) is 5.69 Å². The fraction of sp³-hybridized carbons (Fsp3) is 0.259. The summed E-state index contributed by atoms with van der Waals surface area (Å²) in [7, 11) is -2.43. The molecule has 0 saturated carbocycles. The number of sulfonamides is 1. The number of hydrogen-bond donors (Lipinski definition) is 1. The summed E-state index contributed by atoms with van der Waals surface area (Å²) in [6.45, 7) is 1.49. The molecule has 1 N–H and O–H groups in total. The maximum Gasteiger partial charge on any atom is 0.244 e. The van der Waals surface area contributed by atoms with Gasteiger partial charge in [0.25, 0.3) is 0 Å². The molecule has 196 valence electrons. The Morgan fingerprint density at radius 1 is 0.919 bits per heavy atom. The molecule has 0 fully saturated rings. The number of halogens is 2. The highest BCUT2D eigenvalue weighted by molar-refractivity contribution is 7.92. The fourth-order valence-electron chi connectivity index (χ4n) is 3.89. The molecule has 37 heavy (non-hydrogen) atoms. The zero-order chi connectivity index (χ0) is 27.2. The van der Waals surface area contributed by atoms with Gasteiger partial charge in [0.15, 0.2) is 0 Å². The summed E-state index contributed by atoms with van der Waals surface area (Å²) >= 11 is 12.4. The first-order valence-electron chi connectivity index (χ1n) is 11.5. The maximum absolute atomic E-state index is 13.9. The van der Waals surface area contributed by atoms with Crippen LogP contribution < -0.4 is 9.62 Å². The second-order valence-corrected chi connectivity index (χ2v) is 11.4. The summed E-state index contributed by atoms with van der Waals surface area (Å²) in [4.78, 5) is 28.3. The molecular formula is C27H29Cl2N3O4S. The van der Waals surface area contributed by atoms with E-state index in [2.05, 4.69) is 5.32 Å². The summed E-state index contributed by atoms with van der Waals surface area (Å²) in [5.74, 6) is -0.928. The largest absolute Gasteiger partial charge is 0.357 e. The quantitative estimate of drug-likeness (QED) is 0.396. The summed E-state index contributed by atoms with van der Waals surface area (Å²) in [5.41, 5.74) is 2.79. The SMILES string of the molecule is CNC(=O)[C@@H](Cc1ccccc1)N(Cc1ccc(C)cc1)C(=O)CN(c1cccc(Cl)c1Cl)S(C)(=O)=O. The molecule has 0 unspecified atom stereocenters. The Balaban J connectivity index is 2.05. The van der Waals surface area contributed by atoms with Crippen molar-refractivity contribution < 1.29 is 18.0 Å². The highest BCUT2D eigenvalue weighted by Crippen LogP contribution is 2.33. The summed E-state index contributed by atoms with van der Waals surface area (Å²) < 4.78 is 26.5. The number of carbonyl (C=O) groups excluding carboxylic acids is 2. The van der Waals surface area contributed by atoms with Gasteiger partial charge in [-0.05, 0) is 30.2 Å². The van der Waals surface area contributed by atoms with Crippen molar-refractivity contribution in [3.8, 4) is 0 Å². The van der Waals surface area contributed by atoms with Crippen LogP contribution in [0.1, 0.15) is 16.7 Å². The van der Waals surface area contributed by atoms with E-state index in [1.807, 2.05) is 61.5 Å². The molecule has 7 nitrogen and oxygen atoms in total. The fourth-order valence-corrected chi connectivity index (χ4v) is 5.19. The van der Waals surface area contributed by atoms with Gasteiger partial charge in [-0.1, -0.05) is 89.4 Å². The Bertz CT molecular complexity index is 1350. The van der Waals surface area contributed by atoms with E-state index in [4.69, 9.17) is 23.2 Å². The van der Waals surface area contributed by atoms with E-state index >= 15 is 0 Å². The molecule has 1 atom stereocenters. The van der Waals surface area contributed by atoms with Crippen LogP contribution in [0.5, 0.6) is 0 Å². The van der Waals surface area contributed by atoms with E-state index < -0.39 is 28.5 Å². The highest BCUT2D eigenvalue weighted by atomic mass is 35.5. The van der Waals surface area contributed by atoms with Gasteiger partial charge in [-0.2, -0.15) is 0 Å². The van der Waals surface area contributed by atoms with Gasteiger partial charge in [0.1, 0.15) is 12.6 Å².